The number of aliphatic carboxylic acids is 1. The highest BCUT2D eigenvalue weighted by Crippen LogP contribution is 2.07. The largest absolute Gasteiger partial charge is 0.480 e. The van der Waals surface area contributed by atoms with Crippen LogP contribution in [0.25, 0.3) is 0 Å². The summed E-state index contributed by atoms with van der Waals surface area (Å²) in [7, 11) is 0. The Morgan fingerprint density at radius 3 is 2.89 bits per heavy atom. The van der Waals surface area contributed by atoms with Gasteiger partial charge in [-0.2, -0.15) is 11.8 Å². The molecule has 5 nitrogen and oxygen atoms in total. The molecule has 0 aliphatic heterocycles. The van der Waals surface area contributed by atoms with Crippen molar-refractivity contribution in [1.29, 1.82) is 0 Å². The number of carboxylic acids is 1. The van der Waals surface area contributed by atoms with Gasteiger partial charge in [-0.15, -0.1) is 11.3 Å². The van der Waals surface area contributed by atoms with Crippen molar-refractivity contribution in [2.24, 2.45) is 0 Å². The van der Waals surface area contributed by atoms with Crippen LogP contribution in [0.2, 0.25) is 0 Å². The second-order valence-corrected chi connectivity index (χ2v) is 5.60. The van der Waals surface area contributed by atoms with Gasteiger partial charge in [0.15, 0.2) is 0 Å². The Labute approximate surface area is 114 Å². The molecule has 0 spiro atoms. The maximum atomic E-state index is 11.5. The molecule has 7 heteroatoms. The molecule has 1 atom stereocenters. The number of hydrogen-bond acceptors (Lipinski definition) is 4. The molecule has 1 aromatic rings. The van der Waals surface area contributed by atoms with Gasteiger partial charge in [0.1, 0.15) is 6.04 Å². The predicted molar refractivity (Wildman–Crippen MR) is 74.1 cm³/mol. The van der Waals surface area contributed by atoms with E-state index in [0.717, 1.165) is 4.88 Å². The minimum atomic E-state index is -1.00. The molecular weight excluding hydrogens is 272 g/mol. The molecule has 0 saturated carbocycles. The summed E-state index contributed by atoms with van der Waals surface area (Å²) >= 11 is 3.09. The van der Waals surface area contributed by atoms with Crippen molar-refractivity contribution < 1.29 is 14.7 Å². The Hall–Kier alpha value is -1.21. The van der Waals surface area contributed by atoms with Gasteiger partial charge in [0.25, 0.3) is 0 Å². The molecule has 18 heavy (non-hydrogen) atoms. The summed E-state index contributed by atoms with van der Waals surface area (Å²) in [5, 5.41) is 16.0. The fraction of sp³-hybridized carbons (Fsp3) is 0.455. The van der Waals surface area contributed by atoms with E-state index in [1.807, 2.05) is 23.8 Å². The molecule has 3 N–H and O–H groups in total. The number of hydrogen-bond donors (Lipinski definition) is 3. The lowest BCUT2D eigenvalue weighted by Crippen LogP contribution is -2.46. The molecule has 1 rings (SSSR count). The molecule has 0 fully saturated rings. The molecule has 100 valence electrons. The highest BCUT2D eigenvalue weighted by Gasteiger charge is 2.18. The number of amides is 2. The fourth-order valence-corrected chi connectivity index (χ4v) is 2.40. The van der Waals surface area contributed by atoms with E-state index < -0.39 is 18.0 Å². The van der Waals surface area contributed by atoms with Gasteiger partial charge in [-0.1, -0.05) is 6.07 Å². The lowest BCUT2D eigenvalue weighted by atomic mass is 10.2. The van der Waals surface area contributed by atoms with Gasteiger partial charge in [0.2, 0.25) is 0 Å². The molecule has 0 saturated heterocycles. The lowest BCUT2D eigenvalue weighted by Gasteiger charge is -2.14. The van der Waals surface area contributed by atoms with Crippen molar-refractivity contribution in [1.82, 2.24) is 10.6 Å². The van der Waals surface area contributed by atoms with Gasteiger partial charge in [0.05, 0.1) is 6.54 Å². The summed E-state index contributed by atoms with van der Waals surface area (Å²) in [5.41, 5.74) is 0. The third kappa shape index (κ3) is 5.42. The standard InChI is InChI=1S/C11H16N2O3S2/c1-17-6-4-9(10(14)15)13-11(16)12-7-8-3-2-5-18-8/h2-3,5,9H,4,6-7H2,1H3,(H,14,15)(H2,12,13,16)/t9-/m1/s1. The minimum absolute atomic E-state index is 0.415. The van der Waals surface area contributed by atoms with E-state index >= 15 is 0 Å². The van der Waals surface area contributed by atoms with Crippen LogP contribution in [0.3, 0.4) is 0 Å². The third-order valence-electron chi connectivity index (χ3n) is 2.22. The minimum Gasteiger partial charge on any atom is -0.480 e. The molecular formula is C11H16N2O3S2. The van der Waals surface area contributed by atoms with Gasteiger partial charge in [-0.25, -0.2) is 9.59 Å². The van der Waals surface area contributed by atoms with Crippen LogP contribution in [0.4, 0.5) is 4.79 Å². The second kappa shape index (κ2) is 7.99. The summed E-state index contributed by atoms with van der Waals surface area (Å²) in [5.74, 6) is -0.308. The summed E-state index contributed by atoms with van der Waals surface area (Å²) < 4.78 is 0. The van der Waals surface area contributed by atoms with Crippen molar-refractivity contribution >= 4 is 35.1 Å². The molecule has 1 heterocycles. The van der Waals surface area contributed by atoms with E-state index in [-0.39, 0.29) is 0 Å². The Morgan fingerprint density at radius 2 is 2.33 bits per heavy atom. The topological polar surface area (TPSA) is 78.4 Å². The zero-order chi connectivity index (χ0) is 13.4. The number of nitrogens with one attached hydrogen (secondary N) is 2. The molecule has 0 aliphatic carbocycles. The average molecular weight is 288 g/mol. The van der Waals surface area contributed by atoms with E-state index in [1.54, 1.807) is 23.1 Å². The SMILES string of the molecule is CSCC[C@@H](NC(=O)NCc1cccs1)C(=O)O. The summed E-state index contributed by atoms with van der Waals surface area (Å²) in [6.45, 7) is 0.415. The zero-order valence-corrected chi connectivity index (χ0v) is 11.6. The van der Waals surface area contributed by atoms with Crippen molar-refractivity contribution in [2.45, 2.75) is 19.0 Å². The van der Waals surface area contributed by atoms with Gasteiger partial charge >= 0.3 is 12.0 Å². The zero-order valence-electron chi connectivity index (χ0n) is 10.0. The first kappa shape index (κ1) is 14.8. The van der Waals surface area contributed by atoms with E-state index in [1.165, 1.54) is 0 Å². The van der Waals surface area contributed by atoms with Crippen LogP contribution < -0.4 is 10.6 Å². The van der Waals surface area contributed by atoms with Gasteiger partial charge < -0.3 is 15.7 Å². The number of thioether (sulfide) groups is 1. The number of thiophene rings is 1. The van der Waals surface area contributed by atoms with Crippen molar-refractivity contribution in [3.63, 3.8) is 0 Å². The second-order valence-electron chi connectivity index (χ2n) is 3.58. The number of rotatable bonds is 7. The van der Waals surface area contributed by atoms with Crippen LogP contribution in [0.15, 0.2) is 17.5 Å². The van der Waals surface area contributed by atoms with Crippen LogP contribution in [0.5, 0.6) is 0 Å². The van der Waals surface area contributed by atoms with Crippen molar-refractivity contribution in [3.05, 3.63) is 22.4 Å². The molecule has 2 amide bonds. The van der Waals surface area contributed by atoms with Crippen molar-refractivity contribution in [2.75, 3.05) is 12.0 Å². The first-order valence-corrected chi connectivity index (χ1v) is 7.69. The number of carbonyl (C=O) groups excluding carboxylic acids is 1. The van der Waals surface area contributed by atoms with Gasteiger partial charge in [-0.05, 0) is 29.9 Å². The smallest absolute Gasteiger partial charge is 0.326 e. The molecule has 0 radical (unpaired) electrons. The fourth-order valence-electron chi connectivity index (χ4n) is 1.28. The highest BCUT2D eigenvalue weighted by molar-refractivity contribution is 7.98. The van der Waals surface area contributed by atoms with Crippen LogP contribution in [0.1, 0.15) is 11.3 Å². The molecule has 0 aromatic carbocycles. The predicted octanol–water partition coefficient (Wildman–Crippen LogP) is 1.75. The monoisotopic (exact) mass is 288 g/mol. The Morgan fingerprint density at radius 1 is 1.56 bits per heavy atom. The van der Waals surface area contributed by atoms with Crippen LogP contribution in [-0.2, 0) is 11.3 Å². The maximum Gasteiger partial charge on any atom is 0.326 e. The van der Waals surface area contributed by atoms with Crippen LogP contribution >= 0.6 is 23.1 Å². The Balaban J connectivity index is 2.34. The number of urea groups is 1. The molecule has 0 unspecified atom stereocenters. The first-order chi connectivity index (χ1) is 8.63. The quantitative estimate of drug-likeness (QED) is 0.714. The van der Waals surface area contributed by atoms with E-state index in [0.29, 0.717) is 18.7 Å². The third-order valence-corrected chi connectivity index (χ3v) is 3.74. The summed E-state index contributed by atoms with van der Waals surface area (Å²) in [6, 6.07) is 2.53. The summed E-state index contributed by atoms with van der Waals surface area (Å²) in [4.78, 5) is 23.5. The Kier molecular flexibility index (Phi) is 6.59. The van der Waals surface area contributed by atoms with Gasteiger partial charge in [0, 0.05) is 4.88 Å². The van der Waals surface area contributed by atoms with Crippen LogP contribution in [0, 0.1) is 0 Å². The lowest BCUT2D eigenvalue weighted by molar-refractivity contribution is -0.139. The Bertz CT molecular complexity index is 382. The van der Waals surface area contributed by atoms with E-state index in [2.05, 4.69) is 10.6 Å². The number of carbonyl (C=O) groups is 2. The average Bonchev–Trinajstić information content (AvgIpc) is 2.84. The molecule has 0 bridgehead atoms. The van der Waals surface area contributed by atoms with E-state index in [9.17, 15) is 9.59 Å². The molecule has 0 aliphatic rings. The molecule has 1 aromatic heterocycles. The van der Waals surface area contributed by atoms with Crippen LogP contribution in [-0.4, -0.2) is 35.2 Å². The first-order valence-electron chi connectivity index (χ1n) is 5.42. The van der Waals surface area contributed by atoms with Crippen molar-refractivity contribution in [3.8, 4) is 0 Å². The van der Waals surface area contributed by atoms with E-state index in [4.69, 9.17) is 5.11 Å². The van der Waals surface area contributed by atoms with Gasteiger partial charge in [-0.3, -0.25) is 0 Å². The normalized spacial score (nSPS) is 11.8. The highest BCUT2D eigenvalue weighted by atomic mass is 32.2. The summed E-state index contributed by atoms with van der Waals surface area (Å²) in [6.07, 6.45) is 2.32. The number of carboxylic acid groups (broad SMARTS) is 1. The maximum absolute atomic E-state index is 11.5.